The van der Waals surface area contributed by atoms with Crippen LogP contribution >= 0.6 is 23.1 Å². The zero-order valence-electron chi connectivity index (χ0n) is 15.3. The van der Waals surface area contributed by atoms with Crippen molar-refractivity contribution in [3.63, 3.8) is 0 Å². The average molecular weight is 393 g/mol. The number of hydrogen-bond acceptors (Lipinski definition) is 6. The van der Waals surface area contributed by atoms with Crippen LogP contribution in [0.5, 0.6) is 0 Å². The number of aryl methyl sites for hydroxylation is 2. The highest BCUT2D eigenvalue weighted by molar-refractivity contribution is 7.99. The van der Waals surface area contributed by atoms with Crippen molar-refractivity contribution in [1.82, 2.24) is 19.4 Å². The second kappa shape index (κ2) is 7.32. The summed E-state index contributed by atoms with van der Waals surface area (Å²) >= 11 is 3.04. The van der Waals surface area contributed by atoms with E-state index in [2.05, 4.69) is 11.9 Å². The van der Waals surface area contributed by atoms with Crippen molar-refractivity contribution in [2.24, 2.45) is 7.05 Å². The summed E-state index contributed by atoms with van der Waals surface area (Å²) in [6.45, 7) is 3.39. The maximum atomic E-state index is 12.9. The lowest BCUT2D eigenvalue weighted by atomic mass is 9.97. The molecule has 2 aromatic rings. The Bertz CT molecular complexity index is 897. The van der Waals surface area contributed by atoms with E-state index in [1.807, 2.05) is 4.90 Å². The van der Waals surface area contributed by atoms with E-state index in [1.54, 1.807) is 23.0 Å². The number of nitrogens with zero attached hydrogens (tertiary/aromatic N) is 4. The molecule has 0 bridgehead atoms. The molecule has 0 aromatic carbocycles. The molecule has 1 aliphatic heterocycles. The summed E-state index contributed by atoms with van der Waals surface area (Å²) in [6.07, 6.45) is 4.39. The molecule has 0 unspecified atom stereocenters. The molecule has 140 valence electrons. The monoisotopic (exact) mass is 392 g/mol. The van der Waals surface area contributed by atoms with Gasteiger partial charge in [0.1, 0.15) is 4.83 Å². The molecule has 0 radical (unpaired) electrons. The van der Waals surface area contributed by atoms with E-state index in [9.17, 15) is 9.59 Å². The van der Waals surface area contributed by atoms with Gasteiger partial charge in [-0.3, -0.25) is 14.2 Å². The zero-order chi connectivity index (χ0) is 18.3. The van der Waals surface area contributed by atoms with E-state index < -0.39 is 0 Å². The number of thiophene rings is 1. The molecule has 0 saturated carbocycles. The molecule has 8 heteroatoms. The molecule has 0 atom stereocenters. The minimum Gasteiger partial charge on any atom is -0.339 e. The molecular weight excluding hydrogens is 368 g/mol. The van der Waals surface area contributed by atoms with Crippen LogP contribution in [0.2, 0.25) is 0 Å². The Balaban J connectivity index is 1.54. The van der Waals surface area contributed by atoms with Crippen molar-refractivity contribution < 1.29 is 4.79 Å². The van der Waals surface area contributed by atoms with Crippen LogP contribution in [0.4, 0.5) is 0 Å². The van der Waals surface area contributed by atoms with Crippen LogP contribution in [0.1, 0.15) is 23.3 Å². The topological polar surface area (TPSA) is 58.4 Å². The first-order valence-corrected chi connectivity index (χ1v) is 10.9. The number of rotatable bonds is 3. The van der Waals surface area contributed by atoms with Crippen molar-refractivity contribution in [3.05, 3.63) is 20.8 Å². The van der Waals surface area contributed by atoms with Crippen molar-refractivity contribution >= 4 is 39.2 Å². The van der Waals surface area contributed by atoms with Gasteiger partial charge in [-0.15, -0.1) is 11.3 Å². The van der Waals surface area contributed by atoms with Gasteiger partial charge in [0, 0.05) is 38.1 Å². The van der Waals surface area contributed by atoms with Crippen LogP contribution in [0.3, 0.4) is 0 Å². The van der Waals surface area contributed by atoms with E-state index in [-0.39, 0.29) is 11.5 Å². The molecule has 1 amide bonds. The predicted molar refractivity (Wildman–Crippen MR) is 106 cm³/mol. The highest BCUT2D eigenvalue weighted by atomic mass is 32.2. The molecule has 1 saturated heterocycles. The van der Waals surface area contributed by atoms with E-state index in [0.29, 0.717) is 10.9 Å². The van der Waals surface area contributed by atoms with Crippen LogP contribution < -0.4 is 5.56 Å². The summed E-state index contributed by atoms with van der Waals surface area (Å²) in [4.78, 5) is 36.4. The second-order valence-corrected chi connectivity index (χ2v) is 9.15. The second-order valence-electron chi connectivity index (χ2n) is 7.12. The predicted octanol–water partition coefficient (Wildman–Crippen LogP) is 1.74. The normalized spacial score (nSPS) is 18.3. The fraction of sp³-hybridized carbons (Fsp3) is 0.611. The van der Waals surface area contributed by atoms with Crippen LogP contribution in [0, 0.1) is 0 Å². The molecule has 1 aliphatic carbocycles. The Kier molecular flexibility index (Phi) is 5.07. The summed E-state index contributed by atoms with van der Waals surface area (Å²) in [5.74, 6) is 0.462. The number of carbonyl (C=O) groups is 1. The van der Waals surface area contributed by atoms with Gasteiger partial charge in [-0.1, -0.05) is 11.8 Å². The fourth-order valence-corrected chi connectivity index (χ4v) is 5.85. The maximum Gasteiger partial charge on any atom is 0.262 e. The first-order chi connectivity index (χ1) is 12.5. The van der Waals surface area contributed by atoms with Gasteiger partial charge in [0.25, 0.3) is 5.56 Å². The highest BCUT2D eigenvalue weighted by Gasteiger charge is 2.23. The van der Waals surface area contributed by atoms with Gasteiger partial charge in [0.15, 0.2) is 5.16 Å². The third kappa shape index (κ3) is 3.30. The Morgan fingerprint density at radius 3 is 2.65 bits per heavy atom. The molecular formula is C18H24N4O2S2. The summed E-state index contributed by atoms with van der Waals surface area (Å²) in [5.41, 5.74) is 1.25. The smallest absolute Gasteiger partial charge is 0.262 e. The molecule has 0 N–H and O–H groups in total. The molecule has 4 rings (SSSR count). The number of aromatic nitrogens is 2. The molecule has 2 aliphatic rings. The quantitative estimate of drug-likeness (QED) is 0.588. The molecule has 2 aromatic heterocycles. The number of fused-ring (bicyclic) bond motifs is 3. The molecule has 1 fully saturated rings. The van der Waals surface area contributed by atoms with Gasteiger partial charge < -0.3 is 9.80 Å². The van der Waals surface area contributed by atoms with Crippen molar-refractivity contribution in [3.8, 4) is 0 Å². The lowest BCUT2D eigenvalue weighted by Gasteiger charge is -2.32. The van der Waals surface area contributed by atoms with Gasteiger partial charge >= 0.3 is 0 Å². The third-order valence-electron chi connectivity index (χ3n) is 5.34. The number of piperazine rings is 1. The molecule has 26 heavy (non-hydrogen) atoms. The minimum absolute atomic E-state index is 0.0314. The van der Waals surface area contributed by atoms with Crippen molar-refractivity contribution in [2.45, 2.75) is 30.8 Å². The Morgan fingerprint density at radius 1 is 1.15 bits per heavy atom. The third-order valence-corrected chi connectivity index (χ3v) is 7.54. The van der Waals surface area contributed by atoms with Crippen LogP contribution in [0.15, 0.2) is 9.95 Å². The Morgan fingerprint density at radius 2 is 1.88 bits per heavy atom. The number of likely N-dealkylation sites (N-methyl/N-ethyl adjacent to an activating group) is 1. The number of amides is 1. The van der Waals surface area contributed by atoms with E-state index >= 15 is 0 Å². The van der Waals surface area contributed by atoms with E-state index in [1.165, 1.54) is 28.6 Å². The van der Waals surface area contributed by atoms with Gasteiger partial charge in [-0.25, -0.2) is 4.98 Å². The number of carbonyl (C=O) groups excluding carboxylic acids is 1. The van der Waals surface area contributed by atoms with Crippen molar-refractivity contribution in [1.29, 1.82) is 0 Å². The fourth-order valence-electron chi connectivity index (χ4n) is 3.67. The first kappa shape index (κ1) is 18.0. The Hall–Kier alpha value is -1.38. The highest BCUT2D eigenvalue weighted by Crippen LogP contribution is 2.34. The summed E-state index contributed by atoms with van der Waals surface area (Å²) in [7, 11) is 3.84. The lowest BCUT2D eigenvalue weighted by Crippen LogP contribution is -2.47. The SMILES string of the molecule is CN1CCN(C(=O)CSc2nc3sc4c(c3c(=O)n2C)CCCC4)CC1. The number of thioether (sulfide) groups is 1. The largest absolute Gasteiger partial charge is 0.339 e. The lowest BCUT2D eigenvalue weighted by molar-refractivity contribution is -0.129. The summed E-state index contributed by atoms with van der Waals surface area (Å²) in [6, 6.07) is 0. The molecule has 6 nitrogen and oxygen atoms in total. The van der Waals surface area contributed by atoms with Crippen LogP contribution in [-0.4, -0.2) is 64.2 Å². The van der Waals surface area contributed by atoms with Crippen LogP contribution in [0.25, 0.3) is 10.2 Å². The summed E-state index contributed by atoms with van der Waals surface area (Å²) < 4.78 is 1.62. The van der Waals surface area contributed by atoms with Gasteiger partial charge in [-0.05, 0) is 38.3 Å². The first-order valence-electron chi connectivity index (χ1n) is 9.15. The summed E-state index contributed by atoms with van der Waals surface area (Å²) in [5, 5.41) is 1.45. The van der Waals surface area contributed by atoms with Gasteiger partial charge in [0.05, 0.1) is 11.1 Å². The minimum atomic E-state index is 0.0314. The average Bonchev–Trinajstić information content (AvgIpc) is 3.02. The van der Waals surface area contributed by atoms with E-state index in [0.717, 1.165) is 55.7 Å². The van der Waals surface area contributed by atoms with E-state index in [4.69, 9.17) is 4.98 Å². The van der Waals surface area contributed by atoms with Gasteiger partial charge in [-0.2, -0.15) is 0 Å². The molecule has 3 heterocycles. The maximum absolute atomic E-state index is 12.9. The Labute approximate surface area is 161 Å². The van der Waals surface area contributed by atoms with Crippen molar-refractivity contribution in [2.75, 3.05) is 39.0 Å². The standard InChI is InChI=1S/C18H24N4O2S2/c1-20-7-9-22(10-8-20)14(23)11-25-18-19-16-15(17(24)21(18)2)12-5-3-4-6-13(12)26-16/h3-11H2,1-2H3. The molecule has 0 spiro atoms. The zero-order valence-corrected chi connectivity index (χ0v) is 16.9. The number of hydrogen-bond donors (Lipinski definition) is 0. The van der Waals surface area contributed by atoms with Crippen LogP contribution in [-0.2, 0) is 24.7 Å². The van der Waals surface area contributed by atoms with Gasteiger partial charge in [0.2, 0.25) is 5.91 Å².